The predicted octanol–water partition coefficient (Wildman–Crippen LogP) is 4.72. The van der Waals surface area contributed by atoms with Crippen molar-refractivity contribution in [1.29, 1.82) is 0 Å². The molecule has 0 bridgehead atoms. The molecule has 4 rings (SSSR count). The number of anilines is 1. The Bertz CT molecular complexity index is 1220. The fourth-order valence-corrected chi connectivity index (χ4v) is 3.93. The number of benzene rings is 2. The Hall–Kier alpha value is -3.93. The smallest absolute Gasteiger partial charge is 0.300 e. The van der Waals surface area contributed by atoms with E-state index in [1.807, 2.05) is 39.0 Å². The van der Waals surface area contributed by atoms with E-state index in [-0.39, 0.29) is 11.3 Å². The second-order valence-corrected chi connectivity index (χ2v) is 7.67. The third-order valence-corrected chi connectivity index (χ3v) is 5.45. The lowest BCUT2D eigenvalue weighted by atomic mass is 9.97. The number of aliphatic hydroxyl groups excluding tert-OH is 1. The fourth-order valence-electron chi connectivity index (χ4n) is 3.93. The molecule has 0 radical (unpaired) electrons. The zero-order valence-electron chi connectivity index (χ0n) is 18.2. The first-order valence-electron chi connectivity index (χ1n) is 10.4. The molecular formula is C26H24N2O4. The van der Waals surface area contributed by atoms with Gasteiger partial charge in [0.1, 0.15) is 17.6 Å². The van der Waals surface area contributed by atoms with E-state index in [2.05, 4.69) is 4.98 Å². The topological polar surface area (TPSA) is 79.7 Å². The van der Waals surface area contributed by atoms with E-state index in [1.165, 1.54) is 4.90 Å². The van der Waals surface area contributed by atoms with E-state index in [9.17, 15) is 14.7 Å². The van der Waals surface area contributed by atoms with Crippen LogP contribution in [-0.2, 0) is 9.59 Å². The van der Waals surface area contributed by atoms with E-state index in [0.29, 0.717) is 29.3 Å². The number of carbonyl (C=O) groups is 2. The van der Waals surface area contributed by atoms with Gasteiger partial charge in [-0.3, -0.25) is 19.5 Å². The Labute approximate surface area is 186 Å². The number of hydrogen-bond donors (Lipinski definition) is 1. The van der Waals surface area contributed by atoms with Crippen LogP contribution in [0.3, 0.4) is 0 Å². The second-order valence-electron chi connectivity index (χ2n) is 7.67. The summed E-state index contributed by atoms with van der Waals surface area (Å²) in [5.74, 6) is -1.14. The first-order chi connectivity index (χ1) is 15.4. The van der Waals surface area contributed by atoms with Crippen molar-refractivity contribution in [3.8, 4) is 5.75 Å². The van der Waals surface area contributed by atoms with Crippen molar-refractivity contribution in [2.24, 2.45) is 0 Å². The third-order valence-electron chi connectivity index (χ3n) is 5.45. The summed E-state index contributed by atoms with van der Waals surface area (Å²) in [6.45, 7) is 6.14. The van der Waals surface area contributed by atoms with Gasteiger partial charge >= 0.3 is 0 Å². The number of carbonyl (C=O) groups excluding carboxylic acids is 2. The van der Waals surface area contributed by atoms with Crippen LogP contribution in [-0.4, -0.2) is 28.4 Å². The predicted molar refractivity (Wildman–Crippen MR) is 123 cm³/mol. The average Bonchev–Trinajstić information content (AvgIpc) is 3.06. The van der Waals surface area contributed by atoms with Crippen molar-refractivity contribution >= 4 is 23.1 Å². The molecular weight excluding hydrogens is 404 g/mol. The molecule has 1 aliphatic rings. The maximum atomic E-state index is 13.2. The molecule has 32 heavy (non-hydrogen) atoms. The number of pyridine rings is 1. The highest BCUT2D eigenvalue weighted by Gasteiger charge is 2.48. The van der Waals surface area contributed by atoms with Gasteiger partial charge in [-0.2, -0.15) is 0 Å². The zero-order valence-corrected chi connectivity index (χ0v) is 18.2. The maximum Gasteiger partial charge on any atom is 0.300 e. The minimum absolute atomic E-state index is 0.00301. The molecule has 1 aromatic heterocycles. The number of rotatable bonds is 5. The standard InChI is InChI=1S/C26H24N2O4/c1-4-32-19-9-7-8-18(15-19)24(29)22-23(20-10-5-6-13-27-20)28(26(31)25(22)30)21-14-16(2)11-12-17(21)3/h5-15,23,29H,4H2,1-3H3/b24-22+. The van der Waals surface area contributed by atoms with Gasteiger partial charge in [-0.05, 0) is 62.2 Å². The van der Waals surface area contributed by atoms with Crippen LogP contribution in [0.5, 0.6) is 5.75 Å². The molecule has 2 aromatic carbocycles. The van der Waals surface area contributed by atoms with Gasteiger partial charge in [-0.1, -0.05) is 30.3 Å². The number of aliphatic hydroxyl groups is 1. The molecule has 6 heteroatoms. The van der Waals surface area contributed by atoms with E-state index in [0.717, 1.165) is 11.1 Å². The van der Waals surface area contributed by atoms with Crippen LogP contribution in [0.4, 0.5) is 5.69 Å². The summed E-state index contributed by atoms with van der Waals surface area (Å²) in [6, 6.07) is 17.0. The van der Waals surface area contributed by atoms with Gasteiger partial charge in [0.05, 0.1) is 17.9 Å². The molecule has 1 aliphatic heterocycles. The van der Waals surface area contributed by atoms with Gasteiger partial charge in [0, 0.05) is 17.4 Å². The van der Waals surface area contributed by atoms with Gasteiger partial charge in [0.25, 0.3) is 11.7 Å². The summed E-state index contributed by atoms with van der Waals surface area (Å²) in [7, 11) is 0. The van der Waals surface area contributed by atoms with Crippen LogP contribution in [0.25, 0.3) is 5.76 Å². The lowest BCUT2D eigenvalue weighted by Gasteiger charge is -2.26. The number of amides is 1. The Kier molecular flexibility index (Phi) is 5.77. The van der Waals surface area contributed by atoms with E-state index >= 15 is 0 Å². The van der Waals surface area contributed by atoms with E-state index in [4.69, 9.17) is 4.74 Å². The number of ketones is 1. The van der Waals surface area contributed by atoms with Gasteiger partial charge in [0.15, 0.2) is 0 Å². The van der Waals surface area contributed by atoms with Crippen molar-refractivity contribution in [2.75, 3.05) is 11.5 Å². The van der Waals surface area contributed by atoms with Gasteiger partial charge < -0.3 is 9.84 Å². The minimum atomic E-state index is -0.854. The molecule has 3 aromatic rings. The monoisotopic (exact) mass is 428 g/mol. The van der Waals surface area contributed by atoms with Crippen LogP contribution in [0.1, 0.15) is 35.3 Å². The van der Waals surface area contributed by atoms with Crippen LogP contribution < -0.4 is 9.64 Å². The molecule has 1 unspecified atom stereocenters. The number of nitrogens with zero attached hydrogens (tertiary/aromatic N) is 2. The highest BCUT2D eigenvalue weighted by atomic mass is 16.5. The summed E-state index contributed by atoms with van der Waals surface area (Å²) in [5, 5.41) is 11.2. The normalized spacial score (nSPS) is 17.6. The SMILES string of the molecule is CCOc1cccc(/C(O)=C2\C(=O)C(=O)N(c3cc(C)ccc3C)C2c2ccccn2)c1. The van der Waals surface area contributed by atoms with Crippen molar-refractivity contribution < 1.29 is 19.4 Å². The third kappa shape index (κ3) is 3.75. The molecule has 0 saturated carbocycles. The Balaban J connectivity index is 1.94. The van der Waals surface area contributed by atoms with Gasteiger partial charge in [-0.15, -0.1) is 0 Å². The number of Topliss-reactive ketones (excluding diaryl/α,β-unsaturated/α-hetero) is 1. The fraction of sp³-hybridized carbons (Fsp3) is 0.192. The number of aromatic nitrogens is 1. The molecule has 6 nitrogen and oxygen atoms in total. The molecule has 1 N–H and O–H groups in total. The molecule has 1 saturated heterocycles. The number of ether oxygens (including phenoxy) is 1. The molecule has 0 spiro atoms. The van der Waals surface area contributed by atoms with E-state index in [1.54, 1.807) is 48.7 Å². The average molecular weight is 428 g/mol. The number of aryl methyl sites for hydroxylation is 2. The van der Waals surface area contributed by atoms with Crippen molar-refractivity contribution in [1.82, 2.24) is 4.98 Å². The van der Waals surface area contributed by atoms with Gasteiger partial charge in [0.2, 0.25) is 0 Å². The Morgan fingerprint density at radius 1 is 1.06 bits per heavy atom. The minimum Gasteiger partial charge on any atom is -0.507 e. The molecule has 162 valence electrons. The van der Waals surface area contributed by atoms with Crippen LogP contribution in [0.15, 0.2) is 72.4 Å². The largest absolute Gasteiger partial charge is 0.507 e. The zero-order chi connectivity index (χ0) is 22.8. The van der Waals surface area contributed by atoms with Crippen molar-refractivity contribution in [3.63, 3.8) is 0 Å². The summed E-state index contributed by atoms with van der Waals surface area (Å²) >= 11 is 0. The Morgan fingerprint density at radius 2 is 1.88 bits per heavy atom. The summed E-state index contributed by atoms with van der Waals surface area (Å²) < 4.78 is 5.53. The quantitative estimate of drug-likeness (QED) is 0.361. The van der Waals surface area contributed by atoms with Crippen LogP contribution >= 0.6 is 0 Å². The highest BCUT2D eigenvalue weighted by Crippen LogP contribution is 2.42. The molecule has 1 atom stereocenters. The highest BCUT2D eigenvalue weighted by molar-refractivity contribution is 6.51. The first-order valence-corrected chi connectivity index (χ1v) is 10.4. The Morgan fingerprint density at radius 3 is 2.59 bits per heavy atom. The molecule has 1 fully saturated rings. The van der Waals surface area contributed by atoms with Crippen molar-refractivity contribution in [3.05, 3.63) is 94.8 Å². The first kappa shape index (κ1) is 21.3. The van der Waals surface area contributed by atoms with Crippen LogP contribution in [0.2, 0.25) is 0 Å². The van der Waals surface area contributed by atoms with E-state index < -0.39 is 17.7 Å². The van der Waals surface area contributed by atoms with Gasteiger partial charge in [-0.25, -0.2) is 0 Å². The summed E-state index contributed by atoms with van der Waals surface area (Å²) in [6.07, 6.45) is 1.61. The molecule has 1 amide bonds. The summed E-state index contributed by atoms with van der Waals surface area (Å²) in [4.78, 5) is 32.3. The maximum absolute atomic E-state index is 13.2. The second kappa shape index (κ2) is 8.67. The lowest BCUT2D eigenvalue weighted by molar-refractivity contribution is -0.132. The van der Waals surface area contributed by atoms with Crippen molar-refractivity contribution in [2.45, 2.75) is 26.8 Å². The molecule has 0 aliphatic carbocycles. The van der Waals surface area contributed by atoms with Crippen LogP contribution in [0, 0.1) is 13.8 Å². The summed E-state index contributed by atoms with van der Waals surface area (Å²) in [5.41, 5.74) is 3.31. The molecule has 2 heterocycles. The lowest BCUT2D eigenvalue weighted by Crippen LogP contribution is -2.30. The number of hydrogen-bond acceptors (Lipinski definition) is 5.